The molecule has 0 aliphatic heterocycles. The van der Waals surface area contributed by atoms with Crippen molar-refractivity contribution in [3.63, 3.8) is 0 Å². The van der Waals surface area contributed by atoms with Crippen molar-refractivity contribution in [1.82, 2.24) is 5.32 Å². The lowest BCUT2D eigenvalue weighted by Crippen LogP contribution is -2.42. The number of aliphatic hydroxyl groups excluding tert-OH is 1. The predicted octanol–water partition coefficient (Wildman–Crippen LogP) is 2.82. The van der Waals surface area contributed by atoms with Crippen LogP contribution in [0.5, 0.6) is 0 Å². The Morgan fingerprint density at radius 3 is 2.82 bits per heavy atom. The van der Waals surface area contributed by atoms with Gasteiger partial charge in [-0.25, -0.2) is 0 Å². The fourth-order valence-electron chi connectivity index (χ4n) is 2.13. The summed E-state index contributed by atoms with van der Waals surface area (Å²) in [7, 11) is 0. The third kappa shape index (κ3) is 3.44. The number of thiophene rings is 1. The van der Waals surface area contributed by atoms with E-state index in [1.807, 2.05) is 0 Å². The van der Waals surface area contributed by atoms with Crippen molar-refractivity contribution in [2.24, 2.45) is 0 Å². The zero-order valence-electron chi connectivity index (χ0n) is 9.49. The molecule has 3 nitrogen and oxygen atoms in total. The van der Waals surface area contributed by atoms with Crippen LogP contribution in [0.15, 0.2) is 12.1 Å². The van der Waals surface area contributed by atoms with Gasteiger partial charge in [0.2, 0.25) is 0 Å². The molecule has 1 saturated carbocycles. The third-order valence-electron chi connectivity index (χ3n) is 3.09. The number of hydrogen-bond donors (Lipinski definition) is 2. The summed E-state index contributed by atoms with van der Waals surface area (Å²) in [5, 5.41) is 12.8. The Morgan fingerprint density at radius 1 is 1.35 bits per heavy atom. The normalized spacial score (nSPS) is 25.3. The molecule has 0 saturated heterocycles. The van der Waals surface area contributed by atoms with Crippen LogP contribution in [-0.2, 0) is 0 Å². The SMILES string of the molecule is O=C(NC1CCCCCC1O)c1ccc(Cl)s1. The first-order valence-electron chi connectivity index (χ1n) is 5.91. The Hall–Kier alpha value is -0.580. The molecule has 2 unspecified atom stereocenters. The van der Waals surface area contributed by atoms with E-state index < -0.39 is 6.10 Å². The molecule has 1 heterocycles. The number of carbonyl (C=O) groups is 1. The maximum Gasteiger partial charge on any atom is 0.261 e. The van der Waals surface area contributed by atoms with Crippen LogP contribution in [0.1, 0.15) is 41.8 Å². The summed E-state index contributed by atoms with van der Waals surface area (Å²) < 4.78 is 0.608. The summed E-state index contributed by atoms with van der Waals surface area (Å²) in [6.07, 6.45) is 4.44. The summed E-state index contributed by atoms with van der Waals surface area (Å²) in [5.41, 5.74) is 0. The topological polar surface area (TPSA) is 49.3 Å². The summed E-state index contributed by atoms with van der Waals surface area (Å²) in [4.78, 5) is 12.5. The van der Waals surface area contributed by atoms with Crippen molar-refractivity contribution in [3.8, 4) is 0 Å². The minimum absolute atomic E-state index is 0.120. The van der Waals surface area contributed by atoms with Gasteiger partial charge < -0.3 is 10.4 Å². The molecule has 5 heteroatoms. The van der Waals surface area contributed by atoms with Crippen molar-refractivity contribution in [2.45, 2.75) is 44.2 Å². The molecule has 0 radical (unpaired) electrons. The van der Waals surface area contributed by atoms with Crippen molar-refractivity contribution >= 4 is 28.8 Å². The lowest BCUT2D eigenvalue weighted by molar-refractivity contribution is 0.0822. The molecule has 1 aliphatic rings. The van der Waals surface area contributed by atoms with Crippen LogP contribution < -0.4 is 5.32 Å². The van der Waals surface area contributed by atoms with Gasteiger partial charge in [-0.05, 0) is 25.0 Å². The second kappa shape index (κ2) is 5.85. The van der Waals surface area contributed by atoms with E-state index in [0.717, 1.165) is 32.1 Å². The van der Waals surface area contributed by atoms with E-state index in [-0.39, 0.29) is 11.9 Å². The van der Waals surface area contributed by atoms with Gasteiger partial charge in [0, 0.05) is 0 Å². The van der Waals surface area contributed by atoms with E-state index >= 15 is 0 Å². The molecule has 0 bridgehead atoms. The quantitative estimate of drug-likeness (QED) is 0.814. The van der Waals surface area contributed by atoms with Crippen LogP contribution >= 0.6 is 22.9 Å². The second-order valence-corrected chi connectivity index (χ2v) is 6.10. The Bertz CT molecular complexity index is 394. The Kier molecular flexibility index (Phi) is 4.42. The molecule has 1 aliphatic carbocycles. The van der Waals surface area contributed by atoms with E-state index in [4.69, 9.17) is 11.6 Å². The third-order valence-corrected chi connectivity index (χ3v) is 4.32. The largest absolute Gasteiger partial charge is 0.391 e. The number of nitrogens with one attached hydrogen (secondary N) is 1. The molecular formula is C12H16ClNO2S. The van der Waals surface area contributed by atoms with Gasteiger partial charge in [-0.3, -0.25) is 4.79 Å². The summed E-state index contributed by atoms with van der Waals surface area (Å²) in [5.74, 6) is -0.132. The molecule has 2 rings (SSSR count). The van der Waals surface area contributed by atoms with Gasteiger partial charge in [-0.2, -0.15) is 0 Å². The zero-order chi connectivity index (χ0) is 12.3. The Morgan fingerprint density at radius 2 is 2.12 bits per heavy atom. The van der Waals surface area contributed by atoms with Crippen LogP contribution in [-0.4, -0.2) is 23.2 Å². The molecular weight excluding hydrogens is 258 g/mol. The van der Waals surface area contributed by atoms with Gasteiger partial charge in [0.15, 0.2) is 0 Å². The number of hydrogen-bond acceptors (Lipinski definition) is 3. The van der Waals surface area contributed by atoms with E-state index in [0.29, 0.717) is 9.21 Å². The van der Waals surface area contributed by atoms with Crippen LogP contribution in [0.25, 0.3) is 0 Å². The van der Waals surface area contributed by atoms with Crippen LogP contribution in [0.2, 0.25) is 4.34 Å². The van der Waals surface area contributed by atoms with Crippen molar-refractivity contribution < 1.29 is 9.90 Å². The van der Waals surface area contributed by atoms with Gasteiger partial charge in [0.25, 0.3) is 5.91 Å². The molecule has 1 aromatic heterocycles. The summed E-state index contributed by atoms with van der Waals surface area (Å²) in [6.45, 7) is 0. The van der Waals surface area contributed by atoms with Crippen molar-refractivity contribution in [3.05, 3.63) is 21.3 Å². The molecule has 0 spiro atoms. The maximum atomic E-state index is 11.9. The maximum absolute atomic E-state index is 11.9. The number of carbonyl (C=O) groups excluding carboxylic acids is 1. The number of rotatable bonds is 2. The number of halogens is 1. The van der Waals surface area contributed by atoms with E-state index in [2.05, 4.69) is 5.32 Å². The lowest BCUT2D eigenvalue weighted by Gasteiger charge is -2.21. The van der Waals surface area contributed by atoms with Gasteiger partial charge in [-0.15, -0.1) is 11.3 Å². The summed E-state index contributed by atoms with van der Waals surface area (Å²) >= 11 is 7.05. The fourth-order valence-corrected chi connectivity index (χ4v) is 3.08. The van der Waals surface area contributed by atoms with Gasteiger partial charge in [0.1, 0.15) is 0 Å². The molecule has 2 atom stereocenters. The predicted molar refractivity (Wildman–Crippen MR) is 69.7 cm³/mol. The molecule has 17 heavy (non-hydrogen) atoms. The van der Waals surface area contributed by atoms with Crippen LogP contribution in [0, 0.1) is 0 Å². The highest BCUT2D eigenvalue weighted by Gasteiger charge is 2.23. The van der Waals surface area contributed by atoms with Gasteiger partial charge in [-0.1, -0.05) is 30.9 Å². The highest BCUT2D eigenvalue weighted by molar-refractivity contribution is 7.17. The number of aliphatic hydroxyl groups is 1. The molecule has 1 fully saturated rings. The van der Waals surface area contributed by atoms with Gasteiger partial charge >= 0.3 is 0 Å². The Balaban J connectivity index is 1.97. The van der Waals surface area contributed by atoms with Gasteiger partial charge in [0.05, 0.1) is 21.4 Å². The van der Waals surface area contributed by atoms with Crippen molar-refractivity contribution in [1.29, 1.82) is 0 Å². The van der Waals surface area contributed by atoms with E-state index in [1.165, 1.54) is 11.3 Å². The fraction of sp³-hybridized carbons (Fsp3) is 0.583. The van der Waals surface area contributed by atoms with E-state index in [9.17, 15) is 9.90 Å². The molecule has 2 N–H and O–H groups in total. The van der Waals surface area contributed by atoms with Crippen molar-refractivity contribution in [2.75, 3.05) is 0 Å². The molecule has 0 aromatic carbocycles. The first-order valence-corrected chi connectivity index (χ1v) is 7.10. The molecule has 1 aromatic rings. The smallest absolute Gasteiger partial charge is 0.261 e. The minimum atomic E-state index is -0.420. The second-order valence-electron chi connectivity index (χ2n) is 4.39. The van der Waals surface area contributed by atoms with E-state index in [1.54, 1.807) is 12.1 Å². The average molecular weight is 274 g/mol. The monoisotopic (exact) mass is 273 g/mol. The van der Waals surface area contributed by atoms with Crippen LogP contribution in [0.4, 0.5) is 0 Å². The minimum Gasteiger partial charge on any atom is -0.391 e. The standard InChI is InChI=1S/C12H16ClNO2S/c13-11-7-6-10(17-11)12(16)14-8-4-2-1-3-5-9(8)15/h6-9,15H,1-5H2,(H,14,16). The Labute approximate surface area is 110 Å². The highest BCUT2D eigenvalue weighted by atomic mass is 35.5. The lowest BCUT2D eigenvalue weighted by atomic mass is 10.1. The molecule has 94 valence electrons. The molecule has 1 amide bonds. The zero-order valence-corrected chi connectivity index (χ0v) is 11.1. The summed E-state index contributed by atoms with van der Waals surface area (Å²) in [6, 6.07) is 3.31. The first kappa shape index (κ1) is 12.9. The number of amides is 1. The van der Waals surface area contributed by atoms with Crippen LogP contribution in [0.3, 0.4) is 0 Å². The average Bonchev–Trinajstić information content (AvgIpc) is 2.63. The highest BCUT2D eigenvalue weighted by Crippen LogP contribution is 2.23. The first-order chi connectivity index (χ1) is 8.16.